The molecule has 1 aliphatic rings. The van der Waals surface area contributed by atoms with Crippen molar-refractivity contribution in [2.45, 2.75) is 18.8 Å². The Hall–Kier alpha value is -3.08. The first-order valence-electron chi connectivity index (χ1n) is 8.20. The van der Waals surface area contributed by atoms with Crippen LogP contribution in [0.4, 0.5) is 6.01 Å². The molecular weight excluding hydrogens is 316 g/mol. The van der Waals surface area contributed by atoms with Crippen molar-refractivity contribution in [3.63, 3.8) is 0 Å². The lowest BCUT2D eigenvalue weighted by atomic mass is 9.77. The van der Waals surface area contributed by atoms with Gasteiger partial charge in [0.25, 0.3) is 0 Å². The van der Waals surface area contributed by atoms with E-state index >= 15 is 0 Å². The molecule has 126 valence electrons. The second-order valence-electron chi connectivity index (χ2n) is 6.07. The summed E-state index contributed by atoms with van der Waals surface area (Å²) in [4.78, 5) is 16.6. The highest BCUT2D eigenvalue weighted by molar-refractivity contribution is 5.96. The summed E-state index contributed by atoms with van der Waals surface area (Å²) in [6.07, 6.45) is 2.95. The number of amides is 1. The van der Waals surface area contributed by atoms with Gasteiger partial charge in [-0.05, 0) is 23.6 Å². The van der Waals surface area contributed by atoms with Gasteiger partial charge in [-0.3, -0.25) is 10.1 Å². The van der Waals surface area contributed by atoms with Crippen molar-refractivity contribution < 1.29 is 13.9 Å². The van der Waals surface area contributed by atoms with Crippen LogP contribution < -0.4 is 10.1 Å². The number of methoxy groups -OCH3 is 1. The van der Waals surface area contributed by atoms with Gasteiger partial charge in [0.2, 0.25) is 5.91 Å². The van der Waals surface area contributed by atoms with Gasteiger partial charge >= 0.3 is 6.01 Å². The number of oxazole rings is 1. The van der Waals surface area contributed by atoms with E-state index in [0.717, 1.165) is 23.3 Å². The highest BCUT2D eigenvalue weighted by atomic mass is 16.5. The molecule has 3 aromatic rings. The lowest BCUT2D eigenvalue weighted by molar-refractivity contribution is -0.118. The van der Waals surface area contributed by atoms with Crippen LogP contribution in [0.3, 0.4) is 0 Å². The van der Waals surface area contributed by atoms with E-state index < -0.39 is 0 Å². The molecule has 1 unspecified atom stereocenters. The summed E-state index contributed by atoms with van der Waals surface area (Å²) in [6, 6.07) is 16.0. The SMILES string of the molecule is COc1ccccc1Cc1cnc(NC(=O)C2Cc3ccccc32)o1. The number of fused-ring (bicyclic) bond motifs is 1. The summed E-state index contributed by atoms with van der Waals surface area (Å²) in [7, 11) is 1.64. The number of anilines is 1. The highest BCUT2D eigenvalue weighted by Crippen LogP contribution is 2.35. The number of rotatable bonds is 5. The lowest BCUT2D eigenvalue weighted by Crippen LogP contribution is -2.30. The van der Waals surface area contributed by atoms with Crippen LogP contribution in [0.5, 0.6) is 5.75 Å². The minimum atomic E-state index is -0.124. The number of aromatic nitrogens is 1. The molecule has 1 aromatic heterocycles. The number of carbonyl (C=O) groups is 1. The summed E-state index contributed by atoms with van der Waals surface area (Å²) in [5.74, 6) is 1.27. The van der Waals surface area contributed by atoms with E-state index in [1.165, 1.54) is 5.56 Å². The van der Waals surface area contributed by atoms with E-state index in [0.29, 0.717) is 12.2 Å². The minimum absolute atomic E-state index is 0.0793. The van der Waals surface area contributed by atoms with Crippen molar-refractivity contribution >= 4 is 11.9 Å². The molecule has 5 nitrogen and oxygen atoms in total. The van der Waals surface area contributed by atoms with Gasteiger partial charge in [0.15, 0.2) is 0 Å². The van der Waals surface area contributed by atoms with Gasteiger partial charge in [-0.15, -0.1) is 0 Å². The number of hydrogen-bond donors (Lipinski definition) is 1. The van der Waals surface area contributed by atoms with Crippen LogP contribution in [-0.2, 0) is 17.6 Å². The fourth-order valence-corrected chi connectivity index (χ4v) is 3.17. The number of ether oxygens (including phenoxy) is 1. The molecule has 1 N–H and O–H groups in total. The fourth-order valence-electron chi connectivity index (χ4n) is 3.17. The van der Waals surface area contributed by atoms with E-state index in [4.69, 9.17) is 9.15 Å². The third-order valence-corrected chi connectivity index (χ3v) is 4.51. The Morgan fingerprint density at radius 1 is 1.24 bits per heavy atom. The fraction of sp³-hybridized carbons (Fsp3) is 0.200. The third-order valence-electron chi connectivity index (χ3n) is 4.51. The number of para-hydroxylation sites is 1. The minimum Gasteiger partial charge on any atom is -0.496 e. The summed E-state index contributed by atoms with van der Waals surface area (Å²) < 4.78 is 11.0. The van der Waals surface area contributed by atoms with Gasteiger partial charge in [-0.25, -0.2) is 4.98 Å². The molecule has 1 heterocycles. The summed E-state index contributed by atoms with van der Waals surface area (Å²) >= 11 is 0. The zero-order valence-corrected chi connectivity index (χ0v) is 13.9. The zero-order valence-electron chi connectivity index (χ0n) is 13.9. The van der Waals surface area contributed by atoms with E-state index in [1.807, 2.05) is 42.5 Å². The highest BCUT2D eigenvalue weighted by Gasteiger charge is 2.32. The molecule has 0 bridgehead atoms. The van der Waals surface area contributed by atoms with Gasteiger partial charge in [0.1, 0.15) is 11.5 Å². The molecule has 0 fully saturated rings. The third kappa shape index (κ3) is 3.01. The van der Waals surface area contributed by atoms with Crippen molar-refractivity contribution in [2.24, 2.45) is 0 Å². The second-order valence-corrected chi connectivity index (χ2v) is 6.07. The van der Waals surface area contributed by atoms with Crippen LogP contribution in [0.2, 0.25) is 0 Å². The molecule has 25 heavy (non-hydrogen) atoms. The quantitative estimate of drug-likeness (QED) is 0.775. The Kier molecular flexibility index (Phi) is 3.98. The van der Waals surface area contributed by atoms with Gasteiger partial charge in [0.05, 0.1) is 19.2 Å². The number of nitrogens with zero attached hydrogens (tertiary/aromatic N) is 1. The van der Waals surface area contributed by atoms with Gasteiger partial charge in [-0.1, -0.05) is 42.5 Å². The molecule has 0 saturated carbocycles. The first kappa shape index (κ1) is 15.4. The number of hydrogen-bond acceptors (Lipinski definition) is 4. The monoisotopic (exact) mass is 334 g/mol. The van der Waals surface area contributed by atoms with Crippen LogP contribution in [0, 0.1) is 0 Å². The van der Waals surface area contributed by atoms with Crippen LogP contribution in [0.1, 0.15) is 28.4 Å². The van der Waals surface area contributed by atoms with Gasteiger partial charge < -0.3 is 9.15 Å². The van der Waals surface area contributed by atoms with E-state index in [2.05, 4.69) is 16.4 Å². The topological polar surface area (TPSA) is 64.4 Å². The van der Waals surface area contributed by atoms with Gasteiger partial charge in [-0.2, -0.15) is 0 Å². The normalized spacial score (nSPS) is 15.2. The molecule has 1 amide bonds. The average Bonchev–Trinajstić information content (AvgIpc) is 3.03. The Labute approximate surface area is 145 Å². The Morgan fingerprint density at radius 2 is 2.04 bits per heavy atom. The van der Waals surface area contributed by atoms with Gasteiger partial charge in [0, 0.05) is 12.0 Å². The van der Waals surface area contributed by atoms with E-state index in [-0.39, 0.29) is 17.8 Å². The van der Waals surface area contributed by atoms with Crippen molar-refractivity contribution in [1.29, 1.82) is 0 Å². The first-order chi connectivity index (χ1) is 12.2. The molecule has 0 saturated heterocycles. The van der Waals surface area contributed by atoms with Crippen molar-refractivity contribution in [3.8, 4) is 5.75 Å². The van der Waals surface area contributed by atoms with E-state index in [9.17, 15) is 4.79 Å². The van der Waals surface area contributed by atoms with E-state index in [1.54, 1.807) is 13.3 Å². The number of nitrogens with one attached hydrogen (secondary N) is 1. The average molecular weight is 334 g/mol. The number of carbonyl (C=O) groups excluding carboxylic acids is 1. The van der Waals surface area contributed by atoms with Crippen molar-refractivity contribution in [2.75, 3.05) is 12.4 Å². The summed E-state index contributed by atoms with van der Waals surface area (Å²) in [6.45, 7) is 0. The smallest absolute Gasteiger partial charge is 0.301 e. The summed E-state index contributed by atoms with van der Waals surface area (Å²) in [5, 5.41) is 2.77. The van der Waals surface area contributed by atoms with Crippen LogP contribution >= 0.6 is 0 Å². The molecule has 5 heteroatoms. The zero-order chi connectivity index (χ0) is 17.2. The second kappa shape index (κ2) is 6.43. The standard InChI is InChI=1S/C20H18N2O3/c1-24-18-9-5-3-7-14(18)10-15-12-21-20(25-15)22-19(23)17-11-13-6-2-4-8-16(13)17/h2-9,12,17H,10-11H2,1H3,(H,21,22,23). The predicted molar refractivity (Wildman–Crippen MR) is 93.8 cm³/mol. The lowest BCUT2D eigenvalue weighted by Gasteiger charge is -2.28. The number of benzene rings is 2. The first-order valence-corrected chi connectivity index (χ1v) is 8.20. The Balaban J connectivity index is 1.43. The maximum absolute atomic E-state index is 12.4. The molecule has 2 aromatic carbocycles. The maximum atomic E-state index is 12.4. The van der Waals surface area contributed by atoms with Crippen molar-refractivity contribution in [3.05, 3.63) is 77.2 Å². The summed E-state index contributed by atoms with van der Waals surface area (Å²) in [5.41, 5.74) is 3.32. The van der Waals surface area contributed by atoms with Crippen LogP contribution in [0.15, 0.2) is 59.1 Å². The van der Waals surface area contributed by atoms with Crippen LogP contribution in [-0.4, -0.2) is 18.0 Å². The largest absolute Gasteiger partial charge is 0.496 e. The molecule has 0 radical (unpaired) electrons. The Bertz CT molecular complexity index is 917. The molecular formula is C20H18N2O3. The van der Waals surface area contributed by atoms with Crippen molar-refractivity contribution in [1.82, 2.24) is 4.98 Å². The van der Waals surface area contributed by atoms with Crippen LogP contribution in [0.25, 0.3) is 0 Å². The molecule has 4 rings (SSSR count). The molecule has 1 aliphatic carbocycles. The Morgan fingerprint density at radius 3 is 2.88 bits per heavy atom. The predicted octanol–water partition coefficient (Wildman–Crippen LogP) is 3.55. The molecule has 0 aliphatic heterocycles. The maximum Gasteiger partial charge on any atom is 0.301 e. The molecule has 1 atom stereocenters. The molecule has 0 spiro atoms.